The highest BCUT2D eigenvalue weighted by Crippen LogP contribution is 2.08. The first-order valence-electron chi connectivity index (χ1n) is 7.32. The Morgan fingerprint density at radius 3 is 2.73 bits per heavy atom. The lowest BCUT2D eigenvalue weighted by Gasteiger charge is -2.31. The molecule has 0 spiro atoms. The summed E-state index contributed by atoms with van der Waals surface area (Å²) in [4.78, 5) is 25.5. The Labute approximate surface area is 135 Å². The smallest absolute Gasteiger partial charge is 0.315 e. The monoisotopic (exact) mass is 324 g/mol. The molecule has 0 aromatic heterocycles. The first-order valence-corrected chi connectivity index (χ1v) is 7.69. The van der Waals surface area contributed by atoms with Crippen molar-refractivity contribution in [1.29, 1.82) is 0 Å². The molecule has 0 aliphatic carbocycles. The summed E-state index contributed by atoms with van der Waals surface area (Å²) in [5, 5.41) is 9.23. The van der Waals surface area contributed by atoms with Crippen LogP contribution in [0.15, 0.2) is 24.3 Å². The zero-order chi connectivity index (χ0) is 15.9. The molecule has 6 nitrogen and oxygen atoms in total. The third-order valence-electron chi connectivity index (χ3n) is 3.49. The van der Waals surface area contributed by atoms with Crippen LogP contribution in [-0.4, -0.2) is 49.1 Å². The van der Waals surface area contributed by atoms with Crippen molar-refractivity contribution in [3.05, 3.63) is 34.9 Å². The Balaban J connectivity index is 1.68. The van der Waals surface area contributed by atoms with Gasteiger partial charge < -0.3 is 20.9 Å². The first-order chi connectivity index (χ1) is 10.5. The highest BCUT2D eigenvalue weighted by atomic mass is 35.5. The van der Waals surface area contributed by atoms with Crippen molar-refractivity contribution < 1.29 is 9.59 Å². The van der Waals surface area contributed by atoms with Gasteiger partial charge in [0.15, 0.2) is 0 Å². The number of nitrogens with zero attached hydrogens (tertiary/aromatic N) is 1. The summed E-state index contributed by atoms with van der Waals surface area (Å²) in [6.07, 6.45) is 0. The van der Waals surface area contributed by atoms with E-state index in [9.17, 15) is 9.59 Å². The molecule has 1 aromatic carbocycles. The van der Waals surface area contributed by atoms with Crippen molar-refractivity contribution in [2.75, 3.05) is 26.2 Å². The molecule has 22 heavy (non-hydrogen) atoms. The molecular weight excluding hydrogens is 304 g/mol. The van der Waals surface area contributed by atoms with Crippen LogP contribution in [0.4, 0.5) is 4.79 Å². The lowest BCUT2D eigenvalue weighted by Crippen LogP contribution is -2.53. The van der Waals surface area contributed by atoms with E-state index < -0.39 is 0 Å². The summed E-state index contributed by atoms with van der Waals surface area (Å²) in [5.74, 6) is -0.0602. The van der Waals surface area contributed by atoms with E-state index in [0.29, 0.717) is 24.7 Å². The van der Waals surface area contributed by atoms with E-state index in [1.807, 2.05) is 19.1 Å². The number of carbonyl (C=O) groups is 2. The molecule has 7 heteroatoms. The molecule has 1 atom stereocenters. The van der Waals surface area contributed by atoms with Crippen molar-refractivity contribution in [3.8, 4) is 0 Å². The van der Waals surface area contributed by atoms with Gasteiger partial charge in [-0.3, -0.25) is 4.79 Å². The highest BCUT2D eigenvalue weighted by molar-refractivity contribution is 6.30. The lowest BCUT2D eigenvalue weighted by molar-refractivity contribution is -0.131. The van der Waals surface area contributed by atoms with Crippen molar-refractivity contribution >= 4 is 23.5 Å². The number of hydrogen-bond donors (Lipinski definition) is 3. The zero-order valence-electron chi connectivity index (χ0n) is 12.6. The average Bonchev–Trinajstić information content (AvgIpc) is 2.52. The molecule has 0 radical (unpaired) electrons. The van der Waals surface area contributed by atoms with Crippen LogP contribution in [-0.2, 0) is 11.3 Å². The van der Waals surface area contributed by atoms with Crippen LogP contribution in [0.2, 0.25) is 5.02 Å². The van der Waals surface area contributed by atoms with Crippen molar-refractivity contribution in [2.45, 2.75) is 19.5 Å². The molecule has 0 saturated carbocycles. The van der Waals surface area contributed by atoms with Crippen molar-refractivity contribution in [2.24, 2.45) is 0 Å². The number of nitrogens with one attached hydrogen (secondary N) is 3. The molecule has 120 valence electrons. The Morgan fingerprint density at radius 2 is 2.05 bits per heavy atom. The fraction of sp³-hybridized carbons (Fsp3) is 0.467. The fourth-order valence-corrected chi connectivity index (χ4v) is 2.40. The second-order valence-corrected chi connectivity index (χ2v) is 5.79. The molecule has 0 bridgehead atoms. The van der Waals surface area contributed by atoms with E-state index in [4.69, 9.17) is 11.6 Å². The summed E-state index contributed by atoms with van der Waals surface area (Å²) >= 11 is 5.80. The lowest BCUT2D eigenvalue weighted by atomic mass is 10.2. The number of benzene rings is 1. The molecule has 1 saturated heterocycles. The van der Waals surface area contributed by atoms with Gasteiger partial charge in [-0.2, -0.15) is 0 Å². The molecule has 1 aliphatic heterocycles. The molecule has 1 aromatic rings. The zero-order valence-corrected chi connectivity index (χ0v) is 13.3. The number of halogens is 1. The Hall–Kier alpha value is -1.79. The Bertz CT molecular complexity index is 521. The SMILES string of the molecule is CC1CN(C(=O)CNC(=O)NCc2ccc(Cl)cc2)CCN1. The number of carbonyl (C=O) groups excluding carboxylic acids is 2. The van der Waals surface area contributed by atoms with E-state index in [1.54, 1.807) is 17.0 Å². The maximum absolute atomic E-state index is 12.0. The molecule has 3 amide bonds. The normalized spacial score (nSPS) is 17.9. The van der Waals surface area contributed by atoms with Gasteiger partial charge in [-0.05, 0) is 24.6 Å². The van der Waals surface area contributed by atoms with Crippen LogP contribution in [0.3, 0.4) is 0 Å². The van der Waals surface area contributed by atoms with Gasteiger partial charge in [0.1, 0.15) is 0 Å². The van der Waals surface area contributed by atoms with Gasteiger partial charge in [0, 0.05) is 37.2 Å². The highest BCUT2D eigenvalue weighted by Gasteiger charge is 2.20. The second kappa shape index (κ2) is 8.00. The standard InChI is InChI=1S/C15H21ClN4O2/c1-11-10-20(7-6-17-11)14(21)9-19-15(22)18-8-12-2-4-13(16)5-3-12/h2-5,11,17H,6-10H2,1H3,(H2,18,19,22). The minimum atomic E-state index is -0.355. The minimum Gasteiger partial charge on any atom is -0.338 e. The summed E-state index contributed by atoms with van der Waals surface area (Å²) in [7, 11) is 0. The van der Waals surface area contributed by atoms with Gasteiger partial charge in [-0.15, -0.1) is 0 Å². The number of urea groups is 1. The van der Waals surface area contributed by atoms with Crippen LogP contribution >= 0.6 is 11.6 Å². The third kappa shape index (κ3) is 5.20. The number of rotatable bonds is 4. The Morgan fingerprint density at radius 1 is 1.32 bits per heavy atom. The van der Waals surface area contributed by atoms with E-state index >= 15 is 0 Å². The molecule has 1 unspecified atom stereocenters. The predicted octanol–water partition coefficient (Wildman–Crippen LogP) is 0.960. The van der Waals surface area contributed by atoms with E-state index in [0.717, 1.165) is 12.1 Å². The van der Waals surface area contributed by atoms with Crippen LogP contribution in [0.25, 0.3) is 0 Å². The van der Waals surface area contributed by atoms with Gasteiger partial charge in [0.05, 0.1) is 6.54 Å². The van der Waals surface area contributed by atoms with Gasteiger partial charge in [0.2, 0.25) is 5.91 Å². The van der Waals surface area contributed by atoms with Gasteiger partial charge >= 0.3 is 6.03 Å². The number of hydrogen-bond acceptors (Lipinski definition) is 3. The molecule has 3 N–H and O–H groups in total. The summed E-state index contributed by atoms with van der Waals surface area (Å²) in [6.45, 7) is 4.58. The second-order valence-electron chi connectivity index (χ2n) is 5.36. The van der Waals surface area contributed by atoms with Crippen LogP contribution < -0.4 is 16.0 Å². The summed E-state index contributed by atoms with van der Waals surface area (Å²) < 4.78 is 0. The molecule has 1 fully saturated rings. The van der Waals surface area contributed by atoms with E-state index in [2.05, 4.69) is 16.0 Å². The van der Waals surface area contributed by atoms with Crippen LogP contribution in [0.5, 0.6) is 0 Å². The van der Waals surface area contributed by atoms with Gasteiger partial charge in [-0.1, -0.05) is 23.7 Å². The van der Waals surface area contributed by atoms with Gasteiger partial charge in [0.25, 0.3) is 0 Å². The van der Waals surface area contributed by atoms with Crippen LogP contribution in [0, 0.1) is 0 Å². The maximum atomic E-state index is 12.0. The van der Waals surface area contributed by atoms with Gasteiger partial charge in [-0.25, -0.2) is 4.79 Å². The average molecular weight is 325 g/mol. The Kier molecular flexibility index (Phi) is 6.03. The number of amides is 3. The molecule has 1 heterocycles. The third-order valence-corrected chi connectivity index (χ3v) is 3.74. The van der Waals surface area contributed by atoms with E-state index in [1.165, 1.54) is 0 Å². The van der Waals surface area contributed by atoms with E-state index in [-0.39, 0.29) is 24.5 Å². The first kappa shape index (κ1) is 16.6. The molecular formula is C15H21ClN4O2. The summed E-state index contributed by atoms with van der Waals surface area (Å²) in [6, 6.07) is 7.16. The fourth-order valence-electron chi connectivity index (χ4n) is 2.27. The minimum absolute atomic E-state index is 0.0131. The summed E-state index contributed by atoms with van der Waals surface area (Å²) in [5.41, 5.74) is 0.946. The van der Waals surface area contributed by atoms with Crippen molar-refractivity contribution in [1.82, 2.24) is 20.9 Å². The topological polar surface area (TPSA) is 73.5 Å². The molecule has 1 aliphatic rings. The molecule has 2 rings (SSSR count). The van der Waals surface area contributed by atoms with Crippen LogP contribution in [0.1, 0.15) is 12.5 Å². The maximum Gasteiger partial charge on any atom is 0.315 e. The van der Waals surface area contributed by atoms with Crippen molar-refractivity contribution in [3.63, 3.8) is 0 Å². The number of piperazine rings is 1. The quantitative estimate of drug-likeness (QED) is 0.772. The predicted molar refractivity (Wildman–Crippen MR) is 85.7 cm³/mol. The largest absolute Gasteiger partial charge is 0.338 e.